The predicted octanol–water partition coefficient (Wildman–Crippen LogP) is 5.51. The monoisotopic (exact) mass is 357 g/mol. The van der Waals surface area contributed by atoms with E-state index in [-0.39, 0.29) is 0 Å². The summed E-state index contributed by atoms with van der Waals surface area (Å²) in [6.45, 7) is 10.2. The van der Waals surface area contributed by atoms with E-state index >= 15 is 0 Å². The van der Waals surface area contributed by atoms with Gasteiger partial charge in [-0.3, -0.25) is 0 Å². The fourth-order valence-electron chi connectivity index (χ4n) is 2.72. The summed E-state index contributed by atoms with van der Waals surface area (Å²) in [5, 5.41) is 0.675. The van der Waals surface area contributed by atoms with Crippen molar-refractivity contribution in [2.24, 2.45) is 4.99 Å². The van der Waals surface area contributed by atoms with Crippen molar-refractivity contribution in [1.29, 1.82) is 0 Å². The largest absolute Gasteiger partial charge is 0.370 e. The van der Waals surface area contributed by atoms with Gasteiger partial charge >= 0.3 is 0 Å². The number of aliphatic imine (C=N–C) groups is 1. The summed E-state index contributed by atoms with van der Waals surface area (Å²) < 4.78 is 0. The van der Waals surface area contributed by atoms with E-state index in [0.29, 0.717) is 5.02 Å². The molecular formula is C21H28ClN3. The number of aryl methyl sites for hydroxylation is 3. The normalized spacial score (nSPS) is 11.2. The average molecular weight is 358 g/mol. The van der Waals surface area contributed by atoms with Gasteiger partial charge in [-0.05, 0) is 56.5 Å². The number of nitrogens with zero attached hydrogens (tertiary/aromatic N) is 3. The van der Waals surface area contributed by atoms with Crippen molar-refractivity contribution in [2.75, 3.05) is 25.5 Å². The number of anilines is 1. The van der Waals surface area contributed by atoms with Crippen molar-refractivity contribution >= 4 is 29.3 Å². The summed E-state index contributed by atoms with van der Waals surface area (Å²) in [4.78, 5) is 8.76. The van der Waals surface area contributed by atoms with Gasteiger partial charge in [-0.25, -0.2) is 4.99 Å². The maximum absolute atomic E-state index is 6.47. The lowest BCUT2D eigenvalue weighted by Gasteiger charge is -2.23. The molecule has 0 N–H and O–H groups in total. The molecule has 0 unspecified atom stereocenters. The zero-order valence-electron chi connectivity index (χ0n) is 16.1. The minimum Gasteiger partial charge on any atom is -0.370 e. The van der Waals surface area contributed by atoms with E-state index in [1.165, 1.54) is 22.3 Å². The zero-order valence-corrected chi connectivity index (χ0v) is 16.9. The van der Waals surface area contributed by atoms with Gasteiger partial charge in [0.05, 0.1) is 17.0 Å². The molecule has 0 saturated heterocycles. The average Bonchev–Trinajstić information content (AvgIpc) is 2.58. The highest BCUT2D eigenvalue weighted by Gasteiger charge is 2.11. The number of hydrogen-bond donors (Lipinski definition) is 0. The standard InChI is InChI=1S/C21H28ClN3/c1-7-24(5)14-23-20-11-17(4)21(12-19(20)22)25(6)13-18-10-15(2)8-9-16(18)3/h8-12,14H,7,13H2,1-6H3. The Kier molecular flexibility index (Phi) is 6.49. The molecule has 0 aliphatic heterocycles. The first-order valence-electron chi connectivity index (χ1n) is 8.63. The Bertz CT molecular complexity index is 768. The van der Waals surface area contributed by atoms with Gasteiger partial charge in [0.2, 0.25) is 0 Å². The summed E-state index contributed by atoms with van der Waals surface area (Å²) in [5.41, 5.74) is 7.05. The molecule has 0 aliphatic carbocycles. The molecule has 0 radical (unpaired) electrons. The SMILES string of the molecule is CCN(C)C=Nc1cc(C)c(N(C)Cc2cc(C)ccc2C)cc1Cl. The fraction of sp³-hybridized carbons (Fsp3) is 0.381. The number of halogens is 1. The quantitative estimate of drug-likeness (QED) is 0.501. The molecule has 25 heavy (non-hydrogen) atoms. The molecule has 2 rings (SSSR count). The Morgan fingerprint density at radius 2 is 1.76 bits per heavy atom. The lowest BCUT2D eigenvalue weighted by molar-refractivity contribution is 0.552. The minimum atomic E-state index is 0.675. The molecule has 2 aromatic carbocycles. The van der Waals surface area contributed by atoms with E-state index in [4.69, 9.17) is 11.6 Å². The molecule has 0 saturated carbocycles. The van der Waals surface area contributed by atoms with Crippen molar-refractivity contribution in [3.05, 3.63) is 57.6 Å². The Hall–Kier alpha value is -2.00. The van der Waals surface area contributed by atoms with Gasteiger partial charge in [-0.15, -0.1) is 0 Å². The van der Waals surface area contributed by atoms with Gasteiger partial charge < -0.3 is 9.80 Å². The summed E-state index contributed by atoms with van der Waals surface area (Å²) in [6.07, 6.45) is 1.82. The Morgan fingerprint density at radius 1 is 1.04 bits per heavy atom. The third-order valence-electron chi connectivity index (χ3n) is 4.48. The summed E-state index contributed by atoms with van der Waals surface area (Å²) in [6, 6.07) is 10.7. The van der Waals surface area contributed by atoms with Crippen molar-refractivity contribution in [2.45, 2.75) is 34.2 Å². The van der Waals surface area contributed by atoms with Crippen LogP contribution in [-0.4, -0.2) is 31.9 Å². The van der Waals surface area contributed by atoms with Gasteiger partial charge in [-0.1, -0.05) is 35.4 Å². The van der Waals surface area contributed by atoms with Gasteiger partial charge in [0.25, 0.3) is 0 Å². The Morgan fingerprint density at radius 3 is 2.44 bits per heavy atom. The van der Waals surface area contributed by atoms with Crippen LogP contribution in [0.15, 0.2) is 35.3 Å². The van der Waals surface area contributed by atoms with Crippen LogP contribution in [0.4, 0.5) is 11.4 Å². The second kappa shape index (κ2) is 8.39. The first-order valence-corrected chi connectivity index (χ1v) is 9.01. The molecule has 0 amide bonds. The molecule has 3 nitrogen and oxygen atoms in total. The van der Waals surface area contributed by atoms with E-state index in [2.05, 4.69) is 68.9 Å². The topological polar surface area (TPSA) is 18.8 Å². The smallest absolute Gasteiger partial charge is 0.0910 e. The van der Waals surface area contributed by atoms with Crippen LogP contribution in [0, 0.1) is 20.8 Å². The third kappa shape index (κ3) is 4.99. The van der Waals surface area contributed by atoms with Gasteiger partial charge in [-0.2, -0.15) is 0 Å². The minimum absolute atomic E-state index is 0.675. The molecule has 0 fully saturated rings. The van der Waals surface area contributed by atoms with Gasteiger partial charge in [0.15, 0.2) is 0 Å². The van der Waals surface area contributed by atoms with Crippen LogP contribution in [0.3, 0.4) is 0 Å². The highest BCUT2D eigenvalue weighted by atomic mass is 35.5. The van der Waals surface area contributed by atoms with E-state index in [1.807, 2.05) is 24.4 Å². The van der Waals surface area contributed by atoms with Crippen LogP contribution < -0.4 is 4.90 Å². The fourth-order valence-corrected chi connectivity index (χ4v) is 2.93. The lowest BCUT2D eigenvalue weighted by atomic mass is 10.0. The van der Waals surface area contributed by atoms with Crippen LogP contribution in [0.2, 0.25) is 5.02 Å². The van der Waals surface area contributed by atoms with Crippen molar-refractivity contribution in [3.63, 3.8) is 0 Å². The van der Waals surface area contributed by atoms with Gasteiger partial charge in [0.1, 0.15) is 0 Å². The second-order valence-electron chi connectivity index (χ2n) is 6.69. The number of rotatable bonds is 6. The van der Waals surface area contributed by atoms with Crippen LogP contribution in [0.25, 0.3) is 0 Å². The predicted molar refractivity (Wildman–Crippen MR) is 111 cm³/mol. The Labute approximate surface area is 156 Å². The molecule has 0 heterocycles. The van der Waals surface area contributed by atoms with E-state index in [0.717, 1.165) is 24.5 Å². The van der Waals surface area contributed by atoms with Crippen molar-refractivity contribution < 1.29 is 0 Å². The molecule has 0 spiro atoms. The molecule has 134 valence electrons. The molecule has 0 bridgehead atoms. The molecular weight excluding hydrogens is 330 g/mol. The zero-order chi connectivity index (χ0) is 18.6. The maximum Gasteiger partial charge on any atom is 0.0910 e. The van der Waals surface area contributed by atoms with Crippen LogP contribution in [0.1, 0.15) is 29.2 Å². The molecule has 0 aromatic heterocycles. The second-order valence-corrected chi connectivity index (χ2v) is 7.10. The summed E-state index contributed by atoms with van der Waals surface area (Å²) in [5.74, 6) is 0. The Balaban J connectivity index is 2.25. The first-order chi connectivity index (χ1) is 11.8. The first kappa shape index (κ1) is 19.3. The highest BCUT2D eigenvalue weighted by molar-refractivity contribution is 6.33. The number of benzene rings is 2. The van der Waals surface area contributed by atoms with Gasteiger partial charge in [0, 0.05) is 32.9 Å². The molecule has 2 aromatic rings. The molecule has 0 aliphatic rings. The van der Waals surface area contributed by atoms with E-state index in [9.17, 15) is 0 Å². The van der Waals surface area contributed by atoms with E-state index < -0.39 is 0 Å². The maximum atomic E-state index is 6.47. The van der Waals surface area contributed by atoms with Crippen LogP contribution in [-0.2, 0) is 6.54 Å². The van der Waals surface area contributed by atoms with Crippen LogP contribution in [0.5, 0.6) is 0 Å². The number of hydrogen-bond acceptors (Lipinski definition) is 2. The molecule has 0 atom stereocenters. The molecule has 4 heteroatoms. The van der Waals surface area contributed by atoms with Crippen molar-refractivity contribution in [3.8, 4) is 0 Å². The van der Waals surface area contributed by atoms with E-state index in [1.54, 1.807) is 0 Å². The highest BCUT2D eigenvalue weighted by Crippen LogP contribution is 2.33. The lowest BCUT2D eigenvalue weighted by Crippen LogP contribution is -2.18. The van der Waals surface area contributed by atoms with Crippen molar-refractivity contribution in [1.82, 2.24) is 4.90 Å². The summed E-state index contributed by atoms with van der Waals surface area (Å²) >= 11 is 6.47. The summed E-state index contributed by atoms with van der Waals surface area (Å²) in [7, 11) is 4.10. The third-order valence-corrected chi connectivity index (χ3v) is 4.78. The van der Waals surface area contributed by atoms with Crippen LogP contribution >= 0.6 is 11.6 Å².